The minimum Gasteiger partial charge on any atom is -0.350 e. The second kappa shape index (κ2) is 6.08. The predicted molar refractivity (Wildman–Crippen MR) is 74.7 cm³/mol. The standard InChI is InChI=1S/C12H13ClN4OS/c1-7-5-10(17-12(13)15-7)11(18)14-4-3-9-6-19-8(2)16-9/h5-6H,3-4H2,1-2H3,(H,14,18). The van der Waals surface area contributed by atoms with E-state index in [1.54, 1.807) is 24.3 Å². The highest BCUT2D eigenvalue weighted by Crippen LogP contribution is 2.08. The van der Waals surface area contributed by atoms with Crippen molar-refractivity contribution >= 4 is 28.8 Å². The van der Waals surface area contributed by atoms with Crippen molar-refractivity contribution < 1.29 is 4.79 Å². The van der Waals surface area contributed by atoms with Crippen LogP contribution in [0.4, 0.5) is 0 Å². The summed E-state index contributed by atoms with van der Waals surface area (Å²) in [4.78, 5) is 24.0. The first kappa shape index (κ1) is 13.9. The molecule has 0 radical (unpaired) electrons. The van der Waals surface area contributed by atoms with Crippen molar-refractivity contribution in [3.63, 3.8) is 0 Å². The van der Waals surface area contributed by atoms with Gasteiger partial charge >= 0.3 is 0 Å². The van der Waals surface area contributed by atoms with E-state index in [0.717, 1.165) is 10.7 Å². The number of aromatic nitrogens is 3. The van der Waals surface area contributed by atoms with Crippen molar-refractivity contribution in [1.29, 1.82) is 0 Å². The normalized spacial score (nSPS) is 10.5. The maximum atomic E-state index is 11.9. The first-order valence-electron chi connectivity index (χ1n) is 5.75. The van der Waals surface area contributed by atoms with E-state index in [-0.39, 0.29) is 16.9 Å². The molecule has 2 rings (SSSR count). The van der Waals surface area contributed by atoms with Gasteiger partial charge in [0.1, 0.15) is 5.69 Å². The summed E-state index contributed by atoms with van der Waals surface area (Å²) in [6.45, 7) is 4.24. The molecule has 7 heteroatoms. The van der Waals surface area contributed by atoms with Crippen LogP contribution >= 0.6 is 22.9 Å². The van der Waals surface area contributed by atoms with Crippen LogP contribution < -0.4 is 5.32 Å². The van der Waals surface area contributed by atoms with E-state index < -0.39 is 0 Å². The lowest BCUT2D eigenvalue weighted by molar-refractivity contribution is 0.0949. The molecule has 0 unspecified atom stereocenters. The molecule has 2 heterocycles. The zero-order valence-corrected chi connectivity index (χ0v) is 12.2. The summed E-state index contributed by atoms with van der Waals surface area (Å²) in [6.07, 6.45) is 0.702. The van der Waals surface area contributed by atoms with Gasteiger partial charge in [0.15, 0.2) is 0 Å². The second-order valence-corrected chi connectivity index (χ2v) is 5.43. The van der Waals surface area contributed by atoms with Crippen molar-refractivity contribution in [3.05, 3.63) is 38.8 Å². The summed E-state index contributed by atoms with van der Waals surface area (Å²) in [5, 5.41) is 5.89. The van der Waals surface area contributed by atoms with Gasteiger partial charge in [-0.2, -0.15) is 0 Å². The number of amides is 1. The van der Waals surface area contributed by atoms with Gasteiger partial charge in [0.2, 0.25) is 5.28 Å². The van der Waals surface area contributed by atoms with Crippen LogP contribution in [0.2, 0.25) is 5.28 Å². The van der Waals surface area contributed by atoms with Crippen molar-refractivity contribution in [1.82, 2.24) is 20.3 Å². The van der Waals surface area contributed by atoms with Crippen LogP contribution in [0.5, 0.6) is 0 Å². The molecule has 19 heavy (non-hydrogen) atoms. The fourth-order valence-corrected chi connectivity index (χ4v) is 2.44. The number of nitrogens with one attached hydrogen (secondary N) is 1. The highest BCUT2D eigenvalue weighted by atomic mass is 35.5. The molecule has 0 aliphatic carbocycles. The third-order valence-corrected chi connectivity index (χ3v) is 3.38. The van der Waals surface area contributed by atoms with Gasteiger partial charge < -0.3 is 5.32 Å². The number of thiazole rings is 1. The van der Waals surface area contributed by atoms with Crippen LogP contribution in [0.15, 0.2) is 11.4 Å². The summed E-state index contributed by atoms with van der Waals surface area (Å²) in [5.74, 6) is -0.251. The van der Waals surface area contributed by atoms with E-state index in [1.165, 1.54) is 0 Å². The molecule has 0 spiro atoms. The topological polar surface area (TPSA) is 67.8 Å². The van der Waals surface area contributed by atoms with Gasteiger partial charge in [0, 0.05) is 24.0 Å². The zero-order valence-electron chi connectivity index (χ0n) is 10.6. The molecule has 1 N–H and O–H groups in total. The maximum absolute atomic E-state index is 11.9. The first-order chi connectivity index (χ1) is 9.04. The molecule has 0 atom stereocenters. The fraction of sp³-hybridized carbons (Fsp3) is 0.333. The van der Waals surface area contributed by atoms with Crippen LogP contribution in [0.3, 0.4) is 0 Å². The first-order valence-corrected chi connectivity index (χ1v) is 7.01. The van der Waals surface area contributed by atoms with E-state index in [0.29, 0.717) is 18.7 Å². The maximum Gasteiger partial charge on any atom is 0.270 e. The minimum atomic E-state index is -0.251. The second-order valence-electron chi connectivity index (χ2n) is 4.03. The summed E-state index contributed by atoms with van der Waals surface area (Å²) in [7, 11) is 0. The van der Waals surface area contributed by atoms with Gasteiger partial charge in [0.05, 0.1) is 10.7 Å². The smallest absolute Gasteiger partial charge is 0.270 e. The average molecular weight is 297 g/mol. The van der Waals surface area contributed by atoms with Crippen LogP contribution in [-0.4, -0.2) is 27.4 Å². The van der Waals surface area contributed by atoms with Crippen LogP contribution in [0.25, 0.3) is 0 Å². The third-order valence-electron chi connectivity index (χ3n) is 2.39. The molecule has 5 nitrogen and oxygen atoms in total. The Morgan fingerprint density at radius 1 is 1.37 bits per heavy atom. The lowest BCUT2D eigenvalue weighted by atomic mass is 10.3. The monoisotopic (exact) mass is 296 g/mol. The number of aryl methyl sites for hydroxylation is 2. The molecular formula is C12H13ClN4OS. The highest BCUT2D eigenvalue weighted by Gasteiger charge is 2.09. The molecule has 0 aliphatic heterocycles. The minimum absolute atomic E-state index is 0.0836. The lowest BCUT2D eigenvalue weighted by Crippen LogP contribution is -2.26. The van der Waals surface area contributed by atoms with Gasteiger partial charge in [-0.1, -0.05) is 0 Å². The SMILES string of the molecule is Cc1cc(C(=O)NCCc2csc(C)n2)nc(Cl)n1. The summed E-state index contributed by atoms with van der Waals surface area (Å²) < 4.78 is 0. The zero-order chi connectivity index (χ0) is 13.8. The third kappa shape index (κ3) is 3.97. The van der Waals surface area contributed by atoms with Gasteiger partial charge in [-0.05, 0) is 31.5 Å². The Kier molecular flexibility index (Phi) is 4.44. The number of halogens is 1. The Hall–Kier alpha value is -1.53. The van der Waals surface area contributed by atoms with Gasteiger partial charge in [-0.15, -0.1) is 11.3 Å². The number of hydrogen-bond donors (Lipinski definition) is 1. The molecule has 100 valence electrons. The highest BCUT2D eigenvalue weighted by molar-refractivity contribution is 7.09. The number of carbonyl (C=O) groups excluding carboxylic acids is 1. The Labute approximate surface area is 120 Å². The summed E-state index contributed by atoms with van der Waals surface area (Å²) >= 11 is 7.32. The molecule has 0 fully saturated rings. The Balaban J connectivity index is 1.90. The van der Waals surface area contributed by atoms with E-state index >= 15 is 0 Å². The molecule has 0 bridgehead atoms. The molecular weight excluding hydrogens is 284 g/mol. The van der Waals surface area contributed by atoms with Crippen LogP contribution in [0.1, 0.15) is 26.9 Å². The van der Waals surface area contributed by atoms with Crippen molar-refractivity contribution in [3.8, 4) is 0 Å². The molecule has 0 aromatic carbocycles. The Morgan fingerprint density at radius 3 is 2.79 bits per heavy atom. The van der Waals surface area contributed by atoms with Crippen LogP contribution in [0, 0.1) is 13.8 Å². The van der Waals surface area contributed by atoms with Crippen molar-refractivity contribution in [2.75, 3.05) is 6.54 Å². The Bertz CT molecular complexity index is 579. The number of hydrogen-bond acceptors (Lipinski definition) is 5. The van der Waals surface area contributed by atoms with E-state index in [1.807, 2.05) is 12.3 Å². The fourth-order valence-electron chi connectivity index (χ4n) is 1.57. The average Bonchev–Trinajstić information content (AvgIpc) is 2.73. The van der Waals surface area contributed by atoms with Crippen molar-refractivity contribution in [2.24, 2.45) is 0 Å². The molecule has 2 aromatic heterocycles. The predicted octanol–water partition coefficient (Wildman–Crippen LogP) is 2.18. The molecule has 0 aliphatic rings. The van der Waals surface area contributed by atoms with Gasteiger partial charge in [0.25, 0.3) is 5.91 Å². The van der Waals surface area contributed by atoms with E-state index in [2.05, 4.69) is 20.3 Å². The Morgan fingerprint density at radius 2 is 2.16 bits per heavy atom. The van der Waals surface area contributed by atoms with Crippen LogP contribution in [-0.2, 0) is 6.42 Å². The van der Waals surface area contributed by atoms with Gasteiger partial charge in [-0.3, -0.25) is 4.79 Å². The lowest BCUT2D eigenvalue weighted by Gasteiger charge is -2.04. The summed E-state index contributed by atoms with van der Waals surface area (Å²) in [5.41, 5.74) is 1.94. The number of rotatable bonds is 4. The number of nitrogens with zero attached hydrogens (tertiary/aromatic N) is 3. The largest absolute Gasteiger partial charge is 0.350 e. The quantitative estimate of drug-likeness (QED) is 0.878. The molecule has 0 saturated carbocycles. The van der Waals surface area contributed by atoms with Gasteiger partial charge in [-0.25, -0.2) is 15.0 Å². The molecule has 1 amide bonds. The molecule has 2 aromatic rings. The number of carbonyl (C=O) groups is 1. The summed E-state index contributed by atoms with van der Waals surface area (Å²) in [6, 6.07) is 1.61. The van der Waals surface area contributed by atoms with E-state index in [4.69, 9.17) is 11.6 Å². The van der Waals surface area contributed by atoms with E-state index in [9.17, 15) is 4.79 Å². The molecule has 0 saturated heterocycles. The van der Waals surface area contributed by atoms with Crippen molar-refractivity contribution in [2.45, 2.75) is 20.3 Å².